The zero-order valence-corrected chi connectivity index (χ0v) is 13.6. The summed E-state index contributed by atoms with van der Waals surface area (Å²) in [5.41, 5.74) is 3.41. The molecule has 0 radical (unpaired) electrons. The van der Waals surface area contributed by atoms with E-state index in [1.165, 1.54) is 11.3 Å². The van der Waals surface area contributed by atoms with E-state index in [0.29, 0.717) is 5.56 Å². The van der Waals surface area contributed by atoms with Crippen LogP contribution in [0.15, 0.2) is 35.0 Å². The summed E-state index contributed by atoms with van der Waals surface area (Å²) >= 11 is 1.51. The molecule has 2 N–H and O–H groups in total. The number of thiophene rings is 1. The number of nitrogens with one attached hydrogen (secondary N) is 1. The number of amides is 1. The summed E-state index contributed by atoms with van der Waals surface area (Å²) < 4.78 is 0. The van der Waals surface area contributed by atoms with E-state index >= 15 is 0 Å². The molecule has 0 aliphatic rings. The molecule has 2 atom stereocenters. The molecule has 1 heterocycles. The van der Waals surface area contributed by atoms with Crippen molar-refractivity contribution in [1.29, 1.82) is 0 Å². The van der Waals surface area contributed by atoms with Crippen LogP contribution in [0.1, 0.15) is 41.1 Å². The highest BCUT2D eigenvalue weighted by atomic mass is 32.1. The van der Waals surface area contributed by atoms with Crippen LogP contribution in [-0.4, -0.2) is 17.0 Å². The molecular weight excluding hydrogens is 298 g/mol. The first kappa shape index (κ1) is 16.2. The summed E-state index contributed by atoms with van der Waals surface area (Å²) in [4.78, 5) is 24.0. The van der Waals surface area contributed by atoms with Gasteiger partial charge in [-0.15, -0.1) is 0 Å². The first-order chi connectivity index (χ1) is 10.4. The molecule has 1 aromatic heterocycles. The molecule has 0 bridgehead atoms. The van der Waals surface area contributed by atoms with Crippen molar-refractivity contribution < 1.29 is 14.7 Å². The second kappa shape index (κ2) is 6.75. The molecule has 0 spiro atoms. The van der Waals surface area contributed by atoms with E-state index in [4.69, 9.17) is 0 Å². The number of hydrogen-bond acceptors (Lipinski definition) is 3. The summed E-state index contributed by atoms with van der Waals surface area (Å²) in [7, 11) is 0. The van der Waals surface area contributed by atoms with E-state index in [9.17, 15) is 14.7 Å². The monoisotopic (exact) mass is 317 g/mol. The molecule has 0 saturated heterocycles. The van der Waals surface area contributed by atoms with Crippen LogP contribution < -0.4 is 5.32 Å². The average Bonchev–Trinajstić information content (AvgIpc) is 3.01. The first-order valence-corrected chi connectivity index (χ1v) is 7.97. The highest BCUT2D eigenvalue weighted by Gasteiger charge is 2.26. The number of carboxylic acids is 1. The Morgan fingerprint density at radius 2 is 1.95 bits per heavy atom. The molecule has 2 rings (SSSR count). The van der Waals surface area contributed by atoms with Crippen LogP contribution >= 0.6 is 11.3 Å². The normalized spacial score (nSPS) is 13.4. The van der Waals surface area contributed by atoms with Gasteiger partial charge in [-0.3, -0.25) is 4.79 Å². The van der Waals surface area contributed by atoms with Gasteiger partial charge in [-0.25, -0.2) is 4.79 Å². The van der Waals surface area contributed by atoms with E-state index in [0.717, 1.165) is 16.7 Å². The number of carbonyl (C=O) groups excluding carboxylic acids is 1. The van der Waals surface area contributed by atoms with Crippen LogP contribution in [0.3, 0.4) is 0 Å². The lowest BCUT2D eigenvalue weighted by Crippen LogP contribution is -2.36. The second-order valence-corrected chi connectivity index (χ2v) is 6.13. The molecule has 2 aromatic rings. The fourth-order valence-corrected chi connectivity index (χ4v) is 3.05. The third kappa shape index (κ3) is 3.36. The van der Waals surface area contributed by atoms with Crippen LogP contribution in [0, 0.1) is 13.8 Å². The standard InChI is InChI=1S/C17H19NO3S/c1-10-5-4-6-14(11(10)2)15(17(20)21)18-16(19)12(3)13-7-8-22-9-13/h4-9,12,15H,1-3H3,(H,18,19)(H,20,21). The maximum atomic E-state index is 12.4. The molecular formula is C17H19NO3S. The third-order valence-corrected chi connectivity index (χ3v) is 4.63. The molecule has 4 nitrogen and oxygen atoms in total. The van der Waals surface area contributed by atoms with Crippen molar-refractivity contribution in [2.75, 3.05) is 0 Å². The number of rotatable bonds is 5. The molecule has 0 aliphatic heterocycles. The van der Waals surface area contributed by atoms with Crippen LogP contribution in [0.2, 0.25) is 0 Å². The van der Waals surface area contributed by atoms with Gasteiger partial charge in [0.05, 0.1) is 5.92 Å². The molecule has 1 amide bonds. The van der Waals surface area contributed by atoms with Gasteiger partial charge in [0.15, 0.2) is 6.04 Å². The molecule has 2 unspecified atom stereocenters. The van der Waals surface area contributed by atoms with Gasteiger partial charge in [-0.1, -0.05) is 18.2 Å². The largest absolute Gasteiger partial charge is 0.479 e. The number of benzene rings is 1. The van der Waals surface area contributed by atoms with Gasteiger partial charge in [0, 0.05) is 0 Å². The molecule has 22 heavy (non-hydrogen) atoms. The van der Waals surface area contributed by atoms with Crippen molar-refractivity contribution in [1.82, 2.24) is 5.32 Å². The maximum Gasteiger partial charge on any atom is 0.330 e. The molecule has 1 aromatic carbocycles. The van der Waals surface area contributed by atoms with E-state index in [1.807, 2.05) is 42.8 Å². The minimum absolute atomic E-state index is 0.285. The summed E-state index contributed by atoms with van der Waals surface area (Å²) in [6.07, 6.45) is 0. The van der Waals surface area contributed by atoms with Gasteiger partial charge >= 0.3 is 5.97 Å². The van der Waals surface area contributed by atoms with E-state index in [1.54, 1.807) is 13.0 Å². The SMILES string of the molecule is Cc1cccc(C(NC(=O)C(C)c2ccsc2)C(=O)O)c1C. The van der Waals surface area contributed by atoms with Crippen LogP contribution in [-0.2, 0) is 9.59 Å². The van der Waals surface area contributed by atoms with E-state index < -0.39 is 12.0 Å². The van der Waals surface area contributed by atoms with Crippen molar-refractivity contribution >= 4 is 23.2 Å². The van der Waals surface area contributed by atoms with Crippen molar-refractivity contribution in [3.63, 3.8) is 0 Å². The minimum atomic E-state index is -1.06. The van der Waals surface area contributed by atoms with Gasteiger partial charge in [0.25, 0.3) is 0 Å². The first-order valence-electron chi connectivity index (χ1n) is 7.03. The zero-order chi connectivity index (χ0) is 16.3. The topological polar surface area (TPSA) is 66.4 Å². The molecule has 0 aliphatic carbocycles. The lowest BCUT2D eigenvalue weighted by molar-refractivity contribution is -0.142. The third-order valence-electron chi connectivity index (χ3n) is 3.93. The van der Waals surface area contributed by atoms with Crippen LogP contribution in [0.4, 0.5) is 0 Å². The van der Waals surface area contributed by atoms with E-state index in [-0.39, 0.29) is 11.8 Å². The lowest BCUT2D eigenvalue weighted by Gasteiger charge is -2.20. The lowest BCUT2D eigenvalue weighted by atomic mass is 9.96. The molecule has 116 valence electrons. The number of aliphatic carboxylic acids is 1. The minimum Gasteiger partial charge on any atom is -0.479 e. The molecule has 5 heteroatoms. The van der Waals surface area contributed by atoms with Crippen molar-refractivity contribution in [2.45, 2.75) is 32.7 Å². The summed E-state index contributed by atoms with van der Waals surface area (Å²) in [6, 6.07) is 6.32. The average molecular weight is 317 g/mol. The molecule has 0 saturated carbocycles. The summed E-state index contributed by atoms with van der Waals surface area (Å²) in [6.45, 7) is 5.57. The van der Waals surface area contributed by atoms with Crippen molar-refractivity contribution in [3.05, 3.63) is 57.3 Å². The highest BCUT2D eigenvalue weighted by molar-refractivity contribution is 7.08. The smallest absolute Gasteiger partial charge is 0.330 e. The van der Waals surface area contributed by atoms with Gasteiger partial charge in [0.1, 0.15) is 0 Å². The Bertz CT molecular complexity index is 679. The van der Waals surface area contributed by atoms with Crippen molar-refractivity contribution in [3.8, 4) is 0 Å². The Morgan fingerprint density at radius 3 is 2.55 bits per heavy atom. The second-order valence-electron chi connectivity index (χ2n) is 5.35. The highest BCUT2D eigenvalue weighted by Crippen LogP contribution is 2.23. The Hall–Kier alpha value is -2.14. The Kier molecular flexibility index (Phi) is 4.98. The van der Waals surface area contributed by atoms with Crippen molar-refractivity contribution in [2.24, 2.45) is 0 Å². The predicted octanol–water partition coefficient (Wildman–Crippen LogP) is 3.41. The fourth-order valence-electron chi connectivity index (χ4n) is 2.30. The Balaban J connectivity index is 2.24. The maximum absolute atomic E-state index is 12.4. The fraction of sp³-hybridized carbons (Fsp3) is 0.294. The zero-order valence-electron chi connectivity index (χ0n) is 12.8. The van der Waals surface area contributed by atoms with Gasteiger partial charge in [-0.05, 0) is 59.9 Å². The van der Waals surface area contributed by atoms with Gasteiger partial charge < -0.3 is 10.4 Å². The predicted molar refractivity (Wildman–Crippen MR) is 87.2 cm³/mol. The van der Waals surface area contributed by atoms with Gasteiger partial charge in [-0.2, -0.15) is 11.3 Å². The van der Waals surface area contributed by atoms with Crippen LogP contribution in [0.25, 0.3) is 0 Å². The van der Waals surface area contributed by atoms with E-state index in [2.05, 4.69) is 5.32 Å². The summed E-state index contributed by atoms with van der Waals surface area (Å²) in [5, 5.41) is 15.9. The number of hydrogen-bond donors (Lipinski definition) is 2. The Morgan fingerprint density at radius 1 is 1.23 bits per heavy atom. The molecule has 0 fully saturated rings. The number of carboxylic acid groups (broad SMARTS) is 1. The Labute approximate surface area is 133 Å². The summed E-state index contributed by atoms with van der Waals surface area (Å²) in [5.74, 6) is -1.72. The number of carbonyl (C=O) groups is 2. The number of aryl methyl sites for hydroxylation is 1. The van der Waals surface area contributed by atoms with Crippen LogP contribution in [0.5, 0.6) is 0 Å². The quantitative estimate of drug-likeness (QED) is 0.888. The van der Waals surface area contributed by atoms with Gasteiger partial charge in [0.2, 0.25) is 5.91 Å².